The molecule has 0 bridgehead atoms. The maximum Gasteiger partial charge on any atom is 0.416 e. The minimum atomic E-state index is -4.20. The Hall–Kier alpha value is -0.770. The first-order chi connectivity index (χ1) is 8.52. The van der Waals surface area contributed by atoms with E-state index in [0.717, 1.165) is 13.0 Å². The van der Waals surface area contributed by atoms with Crippen LogP contribution in [-0.2, 0) is 0 Å². The van der Waals surface area contributed by atoms with Gasteiger partial charge in [0.2, 0.25) is 0 Å². The third-order valence-corrected chi connectivity index (χ3v) is 4.09. The number of piperidine rings is 1. The SMILES string of the molecule is CC[C@@H]1CCCN[C@H]1C1C=CC(C(F)(F)F)=CC1. The monoisotopic (exact) mass is 259 g/mol. The Balaban J connectivity index is 2.01. The Morgan fingerprint density at radius 1 is 1.39 bits per heavy atom. The maximum atomic E-state index is 12.5. The van der Waals surface area contributed by atoms with Crippen molar-refractivity contribution in [2.75, 3.05) is 6.54 Å². The molecular weight excluding hydrogens is 239 g/mol. The highest BCUT2D eigenvalue weighted by molar-refractivity contribution is 5.28. The van der Waals surface area contributed by atoms with Crippen molar-refractivity contribution < 1.29 is 13.2 Å². The fraction of sp³-hybridized carbons (Fsp3) is 0.714. The summed E-state index contributed by atoms with van der Waals surface area (Å²) < 4.78 is 37.6. The number of hydrogen-bond donors (Lipinski definition) is 1. The summed E-state index contributed by atoms with van der Waals surface area (Å²) in [4.78, 5) is 0. The summed E-state index contributed by atoms with van der Waals surface area (Å²) in [7, 11) is 0. The van der Waals surface area contributed by atoms with Gasteiger partial charge in [-0.05, 0) is 37.6 Å². The molecule has 0 aromatic heterocycles. The van der Waals surface area contributed by atoms with Gasteiger partial charge in [0.05, 0.1) is 5.57 Å². The van der Waals surface area contributed by atoms with E-state index in [-0.39, 0.29) is 5.92 Å². The molecule has 1 saturated heterocycles. The van der Waals surface area contributed by atoms with Crippen molar-refractivity contribution >= 4 is 0 Å². The van der Waals surface area contributed by atoms with Gasteiger partial charge in [0.1, 0.15) is 0 Å². The van der Waals surface area contributed by atoms with E-state index in [1.165, 1.54) is 25.0 Å². The molecule has 0 radical (unpaired) electrons. The van der Waals surface area contributed by atoms with Crippen molar-refractivity contribution in [2.45, 2.75) is 44.8 Å². The molecule has 0 amide bonds. The lowest BCUT2D eigenvalue weighted by atomic mass is 9.78. The lowest BCUT2D eigenvalue weighted by Crippen LogP contribution is -2.45. The number of allylic oxidation sites excluding steroid dienone is 3. The topological polar surface area (TPSA) is 12.0 Å². The quantitative estimate of drug-likeness (QED) is 0.794. The minimum Gasteiger partial charge on any atom is -0.313 e. The van der Waals surface area contributed by atoms with Crippen LogP contribution in [0.4, 0.5) is 13.2 Å². The highest BCUT2D eigenvalue weighted by atomic mass is 19.4. The van der Waals surface area contributed by atoms with Gasteiger partial charge in [0, 0.05) is 6.04 Å². The highest BCUT2D eigenvalue weighted by Gasteiger charge is 2.35. The van der Waals surface area contributed by atoms with Gasteiger partial charge in [0.25, 0.3) is 0 Å². The van der Waals surface area contributed by atoms with Crippen LogP contribution in [0.1, 0.15) is 32.6 Å². The molecule has 1 aliphatic heterocycles. The Bertz CT molecular complexity index is 343. The lowest BCUT2D eigenvalue weighted by Gasteiger charge is -2.37. The molecule has 0 spiro atoms. The number of hydrogen-bond acceptors (Lipinski definition) is 1. The Morgan fingerprint density at radius 3 is 2.72 bits per heavy atom. The molecule has 3 atom stereocenters. The summed E-state index contributed by atoms with van der Waals surface area (Å²) in [6, 6.07) is 0.339. The normalized spacial score (nSPS) is 33.3. The minimum absolute atomic E-state index is 0.210. The van der Waals surface area contributed by atoms with Crippen molar-refractivity contribution in [1.82, 2.24) is 5.32 Å². The molecule has 18 heavy (non-hydrogen) atoms. The fourth-order valence-electron chi connectivity index (χ4n) is 3.05. The van der Waals surface area contributed by atoms with Gasteiger partial charge in [-0.3, -0.25) is 0 Å². The molecule has 1 unspecified atom stereocenters. The number of halogens is 3. The molecule has 0 aromatic carbocycles. The van der Waals surface area contributed by atoms with Gasteiger partial charge in [-0.25, -0.2) is 0 Å². The molecule has 1 aliphatic carbocycles. The second-order valence-electron chi connectivity index (χ2n) is 5.21. The van der Waals surface area contributed by atoms with Crippen molar-refractivity contribution in [3.8, 4) is 0 Å². The molecule has 1 N–H and O–H groups in total. The first kappa shape index (κ1) is 13.7. The molecule has 0 saturated carbocycles. The third-order valence-electron chi connectivity index (χ3n) is 4.09. The first-order valence-corrected chi connectivity index (χ1v) is 6.71. The smallest absolute Gasteiger partial charge is 0.313 e. The van der Waals surface area contributed by atoms with Crippen LogP contribution >= 0.6 is 0 Å². The van der Waals surface area contributed by atoms with E-state index < -0.39 is 11.7 Å². The molecule has 1 heterocycles. The van der Waals surface area contributed by atoms with Crippen LogP contribution < -0.4 is 5.32 Å². The van der Waals surface area contributed by atoms with Crippen LogP contribution in [0.2, 0.25) is 0 Å². The molecule has 4 heteroatoms. The van der Waals surface area contributed by atoms with Gasteiger partial charge in [-0.15, -0.1) is 0 Å². The summed E-state index contributed by atoms with van der Waals surface area (Å²) in [6.45, 7) is 3.15. The van der Waals surface area contributed by atoms with Crippen LogP contribution in [0.3, 0.4) is 0 Å². The summed E-state index contributed by atoms with van der Waals surface area (Å²) in [5.41, 5.74) is -0.498. The second kappa shape index (κ2) is 5.47. The third kappa shape index (κ3) is 2.97. The van der Waals surface area contributed by atoms with Crippen molar-refractivity contribution in [3.63, 3.8) is 0 Å². The number of nitrogens with one attached hydrogen (secondary N) is 1. The standard InChI is InChI=1S/C14H20F3N/c1-2-10-4-3-9-18-13(10)11-5-7-12(8-6-11)14(15,16)17/h5,7-8,10-11,13,18H,2-4,6,9H2,1H3/t10-,11?,13-/m1/s1. The van der Waals surface area contributed by atoms with Crippen LogP contribution in [0.25, 0.3) is 0 Å². The zero-order chi connectivity index (χ0) is 13.2. The fourth-order valence-corrected chi connectivity index (χ4v) is 3.05. The molecule has 1 fully saturated rings. The molecule has 1 nitrogen and oxygen atoms in total. The molecular formula is C14H20F3N. The molecule has 2 aliphatic rings. The van der Waals surface area contributed by atoms with Gasteiger partial charge < -0.3 is 5.32 Å². The maximum absolute atomic E-state index is 12.5. The van der Waals surface area contributed by atoms with Crippen molar-refractivity contribution in [2.24, 2.45) is 11.8 Å². The summed E-state index contributed by atoms with van der Waals surface area (Å²) in [6.07, 6.45) is 4.09. The van der Waals surface area contributed by atoms with E-state index >= 15 is 0 Å². The summed E-state index contributed by atoms with van der Waals surface area (Å²) in [5.74, 6) is 0.801. The van der Waals surface area contributed by atoms with Gasteiger partial charge in [-0.2, -0.15) is 13.2 Å². The van der Waals surface area contributed by atoms with Crippen LogP contribution in [0.15, 0.2) is 23.8 Å². The molecule has 102 valence electrons. The van der Waals surface area contributed by atoms with Gasteiger partial charge >= 0.3 is 6.18 Å². The van der Waals surface area contributed by atoms with E-state index in [1.807, 2.05) is 0 Å². The lowest BCUT2D eigenvalue weighted by molar-refractivity contribution is -0.0888. The van der Waals surface area contributed by atoms with E-state index in [2.05, 4.69) is 12.2 Å². The van der Waals surface area contributed by atoms with Crippen molar-refractivity contribution in [3.05, 3.63) is 23.8 Å². The zero-order valence-electron chi connectivity index (χ0n) is 10.6. The van der Waals surface area contributed by atoms with Gasteiger partial charge in [-0.1, -0.05) is 31.6 Å². The average Bonchev–Trinajstić information content (AvgIpc) is 2.38. The summed E-state index contributed by atoms with van der Waals surface area (Å²) in [5, 5.41) is 3.48. The van der Waals surface area contributed by atoms with Crippen LogP contribution in [0, 0.1) is 11.8 Å². The Morgan fingerprint density at radius 2 is 2.17 bits per heavy atom. The van der Waals surface area contributed by atoms with E-state index in [0.29, 0.717) is 18.4 Å². The first-order valence-electron chi connectivity index (χ1n) is 6.71. The number of alkyl halides is 3. The van der Waals surface area contributed by atoms with E-state index in [1.54, 1.807) is 6.08 Å². The highest BCUT2D eigenvalue weighted by Crippen LogP contribution is 2.34. The largest absolute Gasteiger partial charge is 0.416 e. The Kier molecular flexibility index (Phi) is 4.15. The van der Waals surface area contributed by atoms with E-state index in [9.17, 15) is 13.2 Å². The average molecular weight is 259 g/mol. The second-order valence-corrected chi connectivity index (χ2v) is 5.21. The zero-order valence-corrected chi connectivity index (χ0v) is 10.6. The van der Waals surface area contributed by atoms with Crippen LogP contribution in [0.5, 0.6) is 0 Å². The number of rotatable bonds is 2. The molecule has 0 aromatic rings. The predicted octanol–water partition coefficient (Wildman–Crippen LogP) is 3.83. The van der Waals surface area contributed by atoms with Gasteiger partial charge in [0.15, 0.2) is 0 Å². The van der Waals surface area contributed by atoms with Crippen LogP contribution in [-0.4, -0.2) is 18.8 Å². The molecule has 2 rings (SSSR count). The summed E-state index contributed by atoms with van der Waals surface area (Å²) >= 11 is 0. The van der Waals surface area contributed by atoms with Crippen molar-refractivity contribution in [1.29, 1.82) is 0 Å². The van der Waals surface area contributed by atoms with E-state index in [4.69, 9.17) is 0 Å². The Labute approximate surface area is 106 Å². The predicted molar refractivity (Wildman–Crippen MR) is 66.2 cm³/mol.